The number of benzene rings is 2. The standard InChI is InChI=1S/C22H22N4O5/c27-20(24-16-5-3-6-18-15(16)13-23-26(18)21(28)29)25-17-12-22(8-10-30-11-9-22)31-19-7-2-1-4-14(17)19/h1-7,13,17H,8-12H2,(H,28,29)(H2,24,25,27). The van der Waals surface area contributed by atoms with E-state index >= 15 is 0 Å². The molecule has 2 aliphatic heterocycles. The second-order valence-corrected chi connectivity index (χ2v) is 7.87. The van der Waals surface area contributed by atoms with Crippen LogP contribution in [0, 0.1) is 0 Å². The molecular weight excluding hydrogens is 400 g/mol. The largest absolute Gasteiger partial charge is 0.487 e. The van der Waals surface area contributed by atoms with Gasteiger partial charge in [0.25, 0.3) is 0 Å². The number of carboxylic acid groups (broad SMARTS) is 1. The lowest BCUT2D eigenvalue weighted by Gasteiger charge is -2.44. The van der Waals surface area contributed by atoms with Gasteiger partial charge in [-0.25, -0.2) is 9.59 Å². The fourth-order valence-electron chi connectivity index (χ4n) is 4.43. The van der Waals surface area contributed by atoms with Crippen molar-refractivity contribution in [3.05, 3.63) is 54.2 Å². The highest BCUT2D eigenvalue weighted by atomic mass is 16.5. The first-order valence-electron chi connectivity index (χ1n) is 10.2. The Bertz CT molecular complexity index is 1150. The lowest BCUT2D eigenvalue weighted by Crippen LogP contribution is -2.49. The Morgan fingerprint density at radius 3 is 2.74 bits per heavy atom. The number of para-hydroxylation sites is 1. The SMILES string of the molecule is O=C(Nc1cccc2c1cnn2C(=O)O)NC1CC2(CCOCC2)Oc2ccccc21. The molecule has 0 radical (unpaired) electrons. The van der Waals surface area contributed by atoms with E-state index in [1.54, 1.807) is 18.2 Å². The summed E-state index contributed by atoms with van der Waals surface area (Å²) in [5, 5.41) is 19.6. The average molecular weight is 422 g/mol. The monoisotopic (exact) mass is 422 g/mol. The molecule has 3 aromatic rings. The van der Waals surface area contributed by atoms with Crippen LogP contribution in [0.1, 0.15) is 30.9 Å². The molecule has 3 heterocycles. The van der Waals surface area contributed by atoms with Gasteiger partial charge in [-0.15, -0.1) is 0 Å². The average Bonchev–Trinajstić information content (AvgIpc) is 3.20. The van der Waals surface area contributed by atoms with E-state index in [4.69, 9.17) is 9.47 Å². The summed E-state index contributed by atoms with van der Waals surface area (Å²) in [6.45, 7) is 1.27. The van der Waals surface area contributed by atoms with E-state index in [-0.39, 0.29) is 17.7 Å². The van der Waals surface area contributed by atoms with Gasteiger partial charge in [-0.1, -0.05) is 24.3 Å². The Balaban J connectivity index is 1.39. The van der Waals surface area contributed by atoms with Crippen molar-refractivity contribution in [2.75, 3.05) is 18.5 Å². The van der Waals surface area contributed by atoms with Crippen molar-refractivity contribution >= 4 is 28.7 Å². The van der Waals surface area contributed by atoms with Crippen LogP contribution in [-0.4, -0.2) is 45.8 Å². The number of carbonyl (C=O) groups is 2. The third-order valence-electron chi connectivity index (χ3n) is 5.95. The van der Waals surface area contributed by atoms with Gasteiger partial charge in [-0.2, -0.15) is 9.78 Å². The number of hydrogen-bond acceptors (Lipinski definition) is 5. The first-order chi connectivity index (χ1) is 15.0. The molecule has 0 saturated carbocycles. The Morgan fingerprint density at radius 2 is 1.94 bits per heavy atom. The summed E-state index contributed by atoms with van der Waals surface area (Å²) in [5.41, 5.74) is 1.48. The summed E-state index contributed by atoms with van der Waals surface area (Å²) in [6, 6.07) is 12.2. The van der Waals surface area contributed by atoms with Gasteiger partial charge in [0.2, 0.25) is 0 Å². The Labute approximate surface area is 177 Å². The third kappa shape index (κ3) is 3.57. The summed E-state index contributed by atoms with van der Waals surface area (Å²) < 4.78 is 12.7. The van der Waals surface area contributed by atoms with Crippen LogP contribution in [0.5, 0.6) is 5.75 Å². The number of nitrogens with zero attached hydrogens (tertiary/aromatic N) is 2. The lowest BCUT2D eigenvalue weighted by atomic mass is 9.82. The predicted molar refractivity (Wildman–Crippen MR) is 113 cm³/mol. The van der Waals surface area contributed by atoms with Crippen molar-refractivity contribution in [2.45, 2.75) is 30.9 Å². The quantitative estimate of drug-likeness (QED) is 0.579. The van der Waals surface area contributed by atoms with Crippen molar-refractivity contribution in [1.29, 1.82) is 0 Å². The van der Waals surface area contributed by atoms with Crippen LogP contribution in [0.2, 0.25) is 0 Å². The van der Waals surface area contributed by atoms with Crippen molar-refractivity contribution in [3.63, 3.8) is 0 Å². The number of nitrogens with one attached hydrogen (secondary N) is 2. The molecule has 1 unspecified atom stereocenters. The minimum atomic E-state index is -1.18. The predicted octanol–water partition coefficient (Wildman–Crippen LogP) is 3.76. The minimum Gasteiger partial charge on any atom is -0.487 e. The fraction of sp³-hybridized carbons (Fsp3) is 0.318. The zero-order valence-corrected chi connectivity index (χ0v) is 16.7. The Hall–Kier alpha value is -3.59. The molecule has 1 saturated heterocycles. The van der Waals surface area contributed by atoms with Crippen molar-refractivity contribution < 1.29 is 24.2 Å². The highest BCUT2D eigenvalue weighted by Crippen LogP contribution is 2.43. The molecule has 2 aromatic carbocycles. The maximum atomic E-state index is 12.9. The molecule has 1 aromatic heterocycles. The molecular formula is C22H22N4O5. The third-order valence-corrected chi connectivity index (χ3v) is 5.95. The number of carbonyl (C=O) groups excluding carboxylic acids is 1. The minimum absolute atomic E-state index is 0.219. The summed E-state index contributed by atoms with van der Waals surface area (Å²) in [6.07, 6.45) is 2.45. The molecule has 1 fully saturated rings. The molecule has 0 bridgehead atoms. The number of anilines is 1. The number of rotatable bonds is 2. The van der Waals surface area contributed by atoms with Crippen LogP contribution in [0.15, 0.2) is 48.7 Å². The number of urea groups is 1. The molecule has 9 nitrogen and oxygen atoms in total. The van der Waals surface area contributed by atoms with Gasteiger partial charge in [-0.05, 0) is 18.2 Å². The molecule has 1 atom stereocenters. The molecule has 2 amide bonds. The van der Waals surface area contributed by atoms with Gasteiger partial charge in [-0.3, -0.25) is 0 Å². The first-order valence-corrected chi connectivity index (χ1v) is 10.2. The zero-order valence-electron chi connectivity index (χ0n) is 16.7. The summed E-state index contributed by atoms with van der Waals surface area (Å²) in [7, 11) is 0. The number of hydrogen-bond donors (Lipinski definition) is 3. The molecule has 2 aliphatic rings. The Kier molecular flexibility index (Phi) is 4.74. The number of aromatic nitrogens is 2. The van der Waals surface area contributed by atoms with Crippen LogP contribution in [-0.2, 0) is 4.74 Å². The smallest absolute Gasteiger partial charge is 0.432 e. The van der Waals surface area contributed by atoms with Gasteiger partial charge in [0.05, 0.1) is 36.7 Å². The highest BCUT2D eigenvalue weighted by molar-refractivity contribution is 6.02. The molecule has 3 N–H and O–H groups in total. The molecule has 5 rings (SSSR count). The van der Waals surface area contributed by atoms with Crippen molar-refractivity contribution in [3.8, 4) is 5.75 Å². The fourth-order valence-corrected chi connectivity index (χ4v) is 4.43. The number of fused-ring (bicyclic) bond motifs is 2. The number of amides is 2. The van der Waals surface area contributed by atoms with Crippen molar-refractivity contribution in [1.82, 2.24) is 15.1 Å². The van der Waals surface area contributed by atoms with E-state index in [0.717, 1.165) is 28.8 Å². The van der Waals surface area contributed by atoms with E-state index < -0.39 is 6.09 Å². The van der Waals surface area contributed by atoms with E-state index in [9.17, 15) is 14.7 Å². The van der Waals surface area contributed by atoms with Gasteiger partial charge in [0.15, 0.2) is 0 Å². The first kappa shape index (κ1) is 19.4. The molecule has 31 heavy (non-hydrogen) atoms. The van der Waals surface area contributed by atoms with Crippen LogP contribution in [0.4, 0.5) is 15.3 Å². The molecule has 9 heteroatoms. The normalized spacial score (nSPS) is 19.4. The zero-order chi connectivity index (χ0) is 21.4. The molecule has 1 spiro atoms. The van der Waals surface area contributed by atoms with Crippen LogP contribution in [0.25, 0.3) is 10.9 Å². The summed E-state index contributed by atoms with van der Waals surface area (Å²) in [4.78, 5) is 24.2. The van der Waals surface area contributed by atoms with E-state index in [1.807, 2.05) is 24.3 Å². The molecule has 0 aliphatic carbocycles. The Morgan fingerprint density at radius 1 is 1.13 bits per heavy atom. The number of ether oxygens (including phenoxy) is 2. The summed E-state index contributed by atoms with van der Waals surface area (Å²) in [5.74, 6) is 0.783. The van der Waals surface area contributed by atoms with Crippen molar-refractivity contribution in [2.24, 2.45) is 0 Å². The van der Waals surface area contributed by atoms with E-state index in [2.05, 4.69) is 15.7 Å². The van der Waals surface area contributed by atoms with E-state index in [1.165, 1.54) is 6.20 Å². The molecule has 160 valence electrons. The topological polar surface area (TPSA) is 115 Å². The highest BCUT2D eigenvalue weighted by Gasteiger charge is 2.42. The lowest BCUT2D eigenvalue weighted by molar-refractivity contribution is -0.0636. The van der Waals surface area contributed by atoms with Gasteiger partial charge < -0.3 is 25.2 Å². The maximum Gasteiger partial charge on any atom is 0.432 e. The second-order valence-electron chi connectivity index (χ2n) is 7.87. The summed E-state index contributed by atoms with van der Waals surface area (Å²) >= 11 is 0. The van der Waals surface area contributed by atoms with Crippen LogP contribution < -0.4 is 15.4 Å². The van der Waals surface area contributed by atoms with Crippen LogP contribution >= 0.6 is 0 Å². The van der Waals surface area contributed by atoms with Crippen LogP contribution in [0.3, 0.4) is 0 Å². The van der Waals surface area contributed by atoms with Gasteiger partial charge in [0.1, 0.15) is 11.4 Å². The maximum absolute atomic E-state index is 12.9. The van der Waals surface area contributed by atoms with Gasteiger partial charge >= 0.3 is 12.1 Å². The van der Waals surface area contributed by atoms with Gasteiger partial charge in [0, 0.05) is 30.2 Å². The van der Waals surface area contributed by atoms with E-state index in [0.29, 0.717) is 36.2 Å². The second kappa shape index (κ2) is 7.59.